The van der Waals surface area contributed by atoms with E-state index in [0.29, 0.717) is 0 Å². The van der Waals surface area contributed by atoms with Gasteiger partial charge in [-0.15, -0.1) is 6.42 Å². The van der Waals surface area contributed by atoms with E-state index in [1.54, 1.807) is 20.8 Å². The van der Waals surface area contributed by atoms with Crippen LogP contribution in [0.25, 0.3) is 0 Å². The van der Waals surface area contributed by atoms with Crippen molar-refractivity contribution in [3.63, 3.8) is 0 Å². The van der Waals surface area contributed by atoms with Gasteiger partial charge in [0.15, 0.2) is 6.23 Å². The van der Waals surface area contributed by atoms with Crippen molar-refractivity contribution >= 4 is 5.97 Å². The molecule has 1 fully saturated rings. The van der Waals surface area contributed by atoms with Gasteiger partial charge in [-0.2, -0.15) is 0 Å². The van der Waals surface area contributed by atoms with Crippen molar-refractivity contribution in [2.75, 3.05) is 6.61 Å². The highest BCUT2D eigenvalue weighted by atomic mass is 16.6. The van der Waals surface area contributed by atoms with E-state index < -0.39 is 47.2 Å². The Labute approximate surface area is 143 Å². The Bertz CT molecular complexity index is 811. The SMILES string of the molecule is C#Cc1cn([C@@H]2O[C@H](COC(=O)C(C)(C)C)[C@@H](O)[C@H]2O)c(=O)[nH]c1=O. The minimum absolute atomic E-state index is 0.132. The van der Waals surface area contributed by atoms with E-state index in [0.717, 1.165) is 10.8 Å². The predicted octanol–water partition coefficient (Wildman–Crippen LogP) is -1.27. The second-order valence-electron chi connectivity index (χ2n) is 6.75. The monoisotopic (exact) mass is 352 g/mol. The number of hydrogen-bond acceptors (Lipinski definition) is 7. The van der Waals surface area contributed by atoms with Crippen molar-refractivity contribution in [1.29, 1.82) is 0 Å². The largest absolute Gasteiger partial charge is 0.462 e. The van der Waals surface area contributed by atoms with Gasteiger partial charge in [0.1, 0.15) is 30.5 Å². The number of aliphatic hydroxyl groups excluding tert-OH is 2. The fourth-order valence-corrected chi connectivity index (χ4v) is 2.25. The van der Waals surface area contributed by atoms with Crippen LogP contribution >= 0.6 is 0 Å². The zero-order valence-electron chi connectivity index (χ0n) is 14.1. The second kappa shape index (κ2) is 6.84. The number of aromatic nitrogens is 2. The lowest BCUT2D eigenvalue weighted by Crippen LogP contribution is -2.38. The summed E-state index contributed by atoms with van der Waals surface area (Å²) in [7, 11) is 0. The number of H-pyrrole nitrogens is 1. The van der Waals surface area contributed by atoms with Crippen LogP contribution in [-0.4, -0.2) is 50.7 Å². The molecule has 1 aromatic heterocycles. The fourth-order valence-electron chi connectivity index (χ4n) is 2.25. The molecule has 0 bridgehead atoms. The molecule has 2 rings (SSSR count). The molecule has 0 amide bonds. The molecule has 0 unspecified atom stereocenters. The van der Waals surface area contributed by atoms with Crippen molar-refractivity contribution in [3.05, 3.63) is 32.6 Å². The third kappa shape index (κ3) is 3.82. The Kier molecular flexibility index (Phi) is 5.17. The molecule has 0 aliphatic carbocycles. The predicted molar refractivity (Wildman–Crippen MR) is 85.6 cm³/mol. The number of aliphatic hydroxyl groups is 2. The van der Waals surface area contributed by atoms with Gasteiger partial charge >= 0.3 is 11.7 Å². The van der Waals surface area contributed by atoms with Gasteiger partial charge in [0.25, 0.3) is 5.56 Å². The summed E-state index contributed by atoms with van der Waals surface area (Å²) >= 11 is 0. The van der Waals surface area contributed by atoms with Crippen molar-refractivity contribution in [3.8, 4) is 12.3 Å². The van der Waals surface area contributed by atoms with Crippen LogP contribution in [0.1, 0.15) is 32.6 Å². The highest BCUT2D eigenvalue weighted by molar-refractivity contribution is 5.75. The van der Waals surface area contributed by atoms with E-state index in [9.17, 15) is 24.6 Å². The van der Waals surface area contributed by atoms with Gasteiger partial charge in [-0.05, 0) is 20.8 Å². The summed E-state index contributed by atoms with van der Waals surface area (Å²) in [6.45, 7) is 4.70. The molecule has 1 aromatic rings. The molecule has 9 heteroatoms. The number of carbonyl (C=O) groups is 1. The van der Waals surface area contributed by atoms with Gasteiger partial charge in [0.05, 0.1) is 5.41 Å². The van der Waals surface area contributed by atoms with E-state index in [2.05, 4.69) is 5.92 Å². The maximum Gasteiger partial charge on any atom is 0.330 e. The molecule has 0 aromatic carbocycles. The topological polar surface area (TPSA) is 131 Å². The van der Waals surface area contributed by atoms with Gasteiger partial charge in [0.2, 0.25) is 0 Å². The van der Waals surface area contributed by atoms with Crippen molar-refractivity contribution < 1.29 is 24.5 Å². The van der Waals surface area contributed by atoms with Crippen molar-refractivity contribution in [2.24, 2.45) is 5.41 Å². The third-order valence-electron chi connectivity index (χ3n) is 3.73. The number of nitrogens with zero attached hydrogens (tertiary/aromatic N) is 1. The summed E-state index contributed by atoms with van der Waals surface area (Å²) in [5.41, 5.74) is -2.47. The molecule has 4 atom stereocenters. The molecule has 3 N–H and O–H groups in total. The van der Waals surface area contributed by atoms with Crippen LogP contribution in [0.2, 0.25) is 0 Å². The molecular formula is C16H20N2O7. The molecule has 0 radical (unpaired) electrons. The average Bonchev–Trinajstić information content (AvgIpc) is 2.80. The lowest BCUT2D eigenvalue weighted by atomic mass is 9.97. The maximum atomic E-state index is 11.9. The van der Waals surface area contributed by atoms with Gasteiger partial charge in [0, 0.05) is 6.20 Å². The van der Waals surface area contributed by atoms with Crippen LogP contribution < -0.4 is 11.2 Å². The number of ether oxygens (including phenoxy) is 2. The zero-order chi connectivity index (χ0) is 18.9. The summed E-state index contributed by atoms with van der Waals surface area (Å²) in [6.07, 6.45) is 1.04. The molecule has 1 aliphatic rings. The smallest absolute Gasteiger partial charge is 0.330 e. The lowest BCUT2D eigenvalue weighted by Gasteiger charge is -2.20. The van der Waals surface area contributed by atoms with E-state index >= 15 is 0 Å². The number of hydrogen-bond donors (Lipinski definition) is 3. The molecular weight excluding hydrogens is 332 g/mol. The van der Waals surface area contributed by atoms with E-state index in [1.165, 1.54) is 0 Å². The van der Waals surface area contributed by atoms with Crippen molar-refractivity contribution in [1.82, 2.24) is 9.55 Å². The molecule has 1 saturated heterocycles. The van der Waals surface area contributed by atoms with Gasteiger partial charge in [-0.25, -0.2) is 4.79 Å². The number of nitrogens with one attached hydrogen (secondary N) is 1. The molecule has 9 nitrogen and oxygen atoms in total. The highest BCUT2D eigenvalue weighted by Crippen LogP contribution is 2.29. The molecule has 25 heavy (non-hydrogen) atoms. The highest BCUT2D eigenvalue weighted by Gasteiger charge is 2.45. The summed E-state index contributed by atoms with van der Waals surface area (Å²) < 4.78 is 11.4. The van der Waals surface area contributed by atoms with Gasteiger partial charge in [-0.3, -0.25) is 19.1 Å². The van der Waals surface area contributed by atoms with E-state index in [-0.39, 0.29) is 12.2 Å². The zero-order valence-corrected chi connectivity index (χ0v) is 14.1. The Morgan fingerprint density at radius 2 is 2.04 bits per heavy atom. The first-order valence-electron chi connectivity index (χ1n) is 7.57. The normalized spacial score (nSPS) is 26.2. The lowest BCUT2D eigenvalue weighted by molar-refractivity contribution is -0.159. The minimum Gasteiger partial charge on any atom is -0.462 e. The number of aromatic amines is 1. The van der Waals surface area contributed by atoms with Crippen molar-refractivity contribution in [2.45, 2.75) is 45.3 Å². The molecule has 2 heterocycles. The number of terminal acetylenes is 1. The molecule has 0 saturated carbocycles. The first kappa shape index (κ1) is 18.9. The van der Waals surface area contributed by atoms with Crippen LogP contribution in [0, 0.1) is 17.8 Å². The number of esters is 1. The van der Waals surface area contributed by atoms with Crippen LogP contribution in [0.3, 0.4) is 0 Å². The quantitative estimate of drug-likeness (QED) is 0.456. The van der Waals surface area contributed by atoms with Crippen LogP contribution in [0.5, 0.6) is 0 Å². The summed E-state index contributed by atoms with van der Waals surface area (Å²) in [5.74, 6) is 1.61. The first-order chi connectivity index (χ1) is 11.6. The Morgan fingerprint density at radius 3 is 2.60 bits per heavy atom. The standard InChI is InChI=1S/C16H20N2O7/c1-5-8-6-18(15(23)17-12(8)21)13-11(20)10(19)9(25-13)7-24-14(22)16(2,3)4/h1,6,9-11,13,19-20H,7H2,2-4H3,(H,17,21,23)/t9-,10-,11-,13-/m1/s1. The summed E-state index contributed by atoms with van der Waals surface area (Å²) in [6, 6.07) is 0. The maximum absolute atomic E-state index is 11.9. The van der Waals surface area contributed by atoms with Gasteiger partial charge in [-0.1, -0.05) is 5.92 Å². The van der Waals surface area contributed by atoms with Crippen LogP contribution in [-0.2, 0) is 14.3 Å². The number of rotatable bonds is 3. The summed E-state index contributed by atoms with van der Waals surface area (Å²) in [5, 5.41) is 20.2. The average molecular weight is 352 g/mol. The molecule has 0 spiro atoms. The van der Waals surface area contributed by atoms with E-state index in [1.807, 2.05) is 4.98 Å². The second-order valence-corrected chi connectivity index (χ2v) is 6.75. The molecule has 1 aliphatic heterocycles. The first-order valence-corrected chi connectivity index (χ1v) is 7.57. The Balaban J connectivity index is 2.20. The summed E-state index contributed by atoms with van der Waals surface area (Å²) in [4.78, 5) is 37.2. The molecule has 136 valence electrons. The third-order valence-corrected chi connectivity index (χ3v) is 3.73. The number of carbonyl (C=O) groups excluding carboxylic acids is 1. The van der Waals surface area contributed by atoms with E-state index in [4.69, 9.17) is 15.9 Å². The Morgan fingerprint density at radius 1 is 1.40 bits per heavy atom. The fraction of sp³-hybridized carbons (Fsp3) is 0.562. The minimum atomic E-state index is -1.48. The van der Waals surface area contributed by atoms with Gasteiger partial charge < -0.3 is 19.7 Å². The van der Waals surface area contributed by atoms with Crippen LogP contribution in [0.15, 0.2) is 15.8 Å². The van der Waals surface area contributed by atoms with Crippen LogP contribution in [0.4, 0.5) is 0 Å². The Hall–Kier alpha value is -2.41.